The Morgan fingerprint density at radius 3 is 2.55 bits per heavy atom. The molecule has 1 saturated heterocycles. The summed E-state index contributed by atoms with van der Waals surface area (Å²) in [6.07, 6.45) is -4.57. The highest BCUT2D eigenvalue weighted by atomic mass is 16.6. The van der Waals surface area contributed by atoms with Gasteiger partial charge in [0.05, 0.1) is 18.3 Å². The Morgan fingerprint density at radius 1 is 1.50 bits per heavy atom. The van der Waals surface area contributed by atoms with Crippen molar-refractivity contribution >= 4 is 5.97 Å². The molecule has 6 unspecified atom stereocenters. The highest BCUT2D eigenvalue weighted by molar-refractivity contribution is 5.77. The van der Waals surface area contributed by atoms with Gasteiger partial charge in [0.1, 0.15) is 6.10 Å². The van der Waals surface area contributed by atoms with Gasteiger partial charge in [-0.1, -0.05) is 20.8 Å². The molecule has 1 rings (SSSR count). The molecule has 1 aliphatic heterocycles. The number of hydrogen-bond acceptors (Lipinski definition) is 5. The smallest absolute Gasteiger partial charge is 0.336 e. The van der Waals surface area contributed by atoms with E-state index in [1.54, 1.807) is 6.92 Å². The normalized spacial score (nSPS) is 38.4. The van der Waals surface area contributed by atoms with E-state index in [0.717, 1.165) is 0 Å². The van der Waals surface area contributed by atoms with Crippen LogP contribution in [-0.4, -0.2) is 56.4 Å². The SMILES string of the molecule is [2H]CC(O)C(O)C1OC(CC(C)C)(C(=O)O)CC(O)C1C. The molecule has 4 N–H and O–H groups in total. The lowest BCUT2D eigenvalue weighted by molar-refractivity contribution is -0.238. The van der Waals surface area contributed by atoms with Crippen molar-refractivity contribution in [1.29, 1.82) is 0 Å². The first-order chi connectivity index (χ1) is 9.64. The molecule has 0 bridgehead atoms. The minimum Gasteiger partial charge on any atom is -0.479 e. The Balaban J connectivity index is 3.06. The lowest BCUT2D eigenvalue weighted by Gasteiger charge is -2.46. The molecule has 6 atom stereocenters. The third-order valence-electron chi connectivity index (χ3n) is 3.88. The van der Waals surface area contributed by atoms with Crippen LogP contribution in [0.4, 0.5) is 0 Å². The first kappa shape index (κ1) is 15.7. The van der Waals surface area contributed by atoms with Gasteiger partial charge < -0.3 is 25.2 Å². The standard InChI is InChI=1S/C14H26O6/c1-7(2)5-14(13(18)19)6-10(16)8(3)12(20-14)11(17)9(4)15/h7-12,15-17H,5-6H2,1-4H3,(H,18,19)/i4D. The summed E-state index contributed by atoms with van der Waals surface area (Å²) in [6, 6.07) is 0. The molecule has 0 aromatic carbocycles. The van der Waals surface area contributed by atoms with E-state index in [4.69, 9.17) is 6.11 Å². The molecule has 0 amide bonds. The van der Waals surface area contributed by atoms with Crippen LogP contribution in [0, 0.1) is 11.8 Å². The molecule has 0 aromatic rings. The topological polar surface area (TPSA) is 107 Å². The predicted octanol–water partition coefficient (Wildman–Crippen LogP) is 0.383. The average Bonchev–Trinajstić information content (AvgIpc) is 2.40. The van der Waals surface area contributed by atoms with Crippen LogP contribution in [0.25, 0.3) is 0 Å². The highest BCUT2D eigenvalue weighted by Crippen LogP contribution is 2.39. The number of hydrogen-bond donors (Lipinski definition) is 4. The maximum atomic E-state index is 11.7. The Hall–Kier alpha value is -0.690. The van der Waals surface area contributed by atoms with Crippen LogP contribution in [0.15, 0.2) is 0 Å². The Kier molecular flexibility index (Phi) is 5.01. The van der Waals surface area contributed by atoms with Gasteiger partial charge >= 0.3 is 5.97 Å². The van der Waals surface area contributed by atoms with Gasteiger partial charge in [-0.25, -0.2) is 4.79 Å². The van der Waals surface area contributed by atoms with Crippen molar-refractivity contribution in [2.45, 2.75) is 70.5 Å². The minimum absolute atomic E-state index is 0.0283. The Labute approximate surface area is 120 Å². The molecule has 1 aliphatic rings. The van der Waals surface area contributed by atoms with Crippen molar-refractivity contribution in [1.82, 2.24) is 0 Å². The molecule has 0 saturated carbocycles. The number of aliphatic hydroxyl groups excluding tert-OH is 3. The Bertz CT molecular complexity index is 363. The second-order valence-electron chi connectivity index (χ2n) is 6.17. The number of carboxylic acids is 1. The zero-order chi connectivity index (χ0) is 16.4. The fourth-order valence-corrected chi connectivity index (χ4v) is 2.77. The van der Waals surface area contributed by atoms with Gasteiger partial charge in [0.2, 0.25) is 0 Å². The summed E-state index contributed by atoms with van der Waals surface area (Å²) in [6.45, 7) is 4.91. The van der Waals surface area contributed by atoms with E-state index in [0.29, 0.717) is 0 Å². The molecule has 0 radical (unpaired) electrons. The zero-order valence-electron chi connectivity index (χ0n) is 13.2. The van der Waals surface area contributed by atoms with Crippen LogP contribution in [0.5, 0.6) is 0 Å². The monoisotopic (exact) mass is 291 g/mol. The Morgan fingerprint density at radius 2 is 2.10 bits per heavy atom. The summed E-state index contributed by atoms with van der Waals surface area (Å²) >= 11 is 0. The summed E-state index contributed by atoms with van der Waals surface area (Å²) in [4.78, 5) is 11.7. The van der Waals surface area contributed by atoms with Crippen molar-refractivity contribution < 1.29 is 31.3 Å². The van der Waals surface area contributed by atoms with Crippen LogP contribution in [0.2, 0.25) is 0 Å². The van der Waals surface area contributed by atoms with E-state index in [1.165, 1.54) is 0 Å². The van der Waals surface area contributed by atoms with Crippen LogP contribution in [-0.2, 0) is 9.53 Å². The molecule has 1 heterocycles. The van der Waals surface area contributed by atoms with Crippen molar-refractivity contribution in [2.24, 2.45) is 11.8 Å². The average molecular weight is 291 g/mol. The number of rotatable bonds is 5. The lowest BCUT2D eigenvalue weighted by Crippen LogP contribution is -2.60. The maximum absolute atomic E-state index is 11.7. The molecule has 6 nitrogen and oxygen atoms in total. The lowest BCUT2D eigenvalue weighted by atomic mass is 9.77. The van der Waals surface area contributed by atoms with Gasteiger partial charge in [-0.15, -0.1) is 0 Å². The quantitative estimate of drug-likeness (QED) is 0.583. The second-order valence-corrected chi connectivity index (χ2v) is 6.17. The third kappa shape index (κ3) is 3.49. The number of ether oxygens (including phenoxy) is 1. The molecule has 118 valence electrons. The van der Waals surface area contributed by atoms with Gasteiger partial charge in [0, 0.05) is 13.7 Å². The van der Waals surface area contributed by atoms with Gasteiger partial charge in [-0.3, -0.25) is 0 Å². The number of aliphatic hydroxyl groups is 3. The molecule has 20 heavy (non-hydrogen) atoms. The van der Waals surface area contributed by atoms with Crippen molar-refractivity contribution in [3.05, 3.63) is 0 Å². The first-order valence-corrected chi connectivity index (χ1v) is 6.89. The van der Waals surface area contributed by atoms with Crippen molar-refractivity contribution in [3.63, 3.8) is 0 Å². The highest BCUT2D eigenvalue weighted by Gasteiger charge is 2.52. The molecular formula is C14H26O6. The van der Waals surface area contributed by atoms with Gasteiger partial charge in [-0.05, 0) is 19.2 Å². The molecule has 6 heteroatoms. The fraction of sp³-hybridized carbons (Fsp3) is 0.929. The van der Waals surface area contributed by atoms with Crippen LogP contribution < -0.4 is 0 Å². The van der Waals surface area contributed by atoms with Crippen LogP contribution in [0.1, 0.15) is 41.9 Å². The summed E-state index contributed by atoms with van der Waals surface area (Å²) in [5, 5.41) is 39.4. The van der Waals surface area contributed by atoms with E-state index >= 15 is 0 Å². The summed E-state index contributed by atoms with van der Waals surface area (Å²) < 4.78 is 12.8. The number of carboxylic acid groups (broad SMARTS) is 1. The second kappa shape index (κ2) is 6.39. The summed E-state index contributed by atoms with van der Waals surface area (Å²) in [7, 11) is 0. The van der Waals surface area contributed by atoms with Gasteiger partial charge in [0.25, 0.3) is 0 Å². The van der Waals surface area contributed by atoms with Crippen molar-refractivity contribution in [3.8, 4) is 0 Å². The molecule has 0 aliphatic carbocycles. The van der Waals surface area contributed by atoms with Crippen molar-refractivity contribution in [2.75, 3.05) is 0 Å². The third-order valence-corrected chi connectivity index (χ3v) is 3.88. The zero-order valence-corrected chi connectivity index (χ0v) is 12.2. The molecular weight excluding hydrogens is 264 g/mol. The van der Waals surface area contributed by atoms with Gasteiger partial charge in [-0.2, -0.15) is 0 Å². The molecule has 0 aromatic heterocycles. The summed E-state index contributed by atoms with van der Waals surface area (Å²) in [5.41, 5.74) is -1.58. The first-order valence-electron chi connectivity index (χ1n) is 7.60. The minimum atomic E-state index is -1.58. The van der Waals surface area contributed by atoms with E-state index in [-0.39, 0.29) is 18.8 Å². The van der Waals surface area contributed by atoms with Crippen LogP contribution in [0.3, 0.4) is 0 Å². The maximum Gasteiger partial charge on any atom is 0.336 e. The molecule has 0 spiro atoms. The molecule has 1 fully saturated rings. The fourth-order valence-electron chi connectivity index (χ4n) is 2.77. The summed E-state index contributed by atoms with van der Waals surface area (Å²) in [5.74, 6) is -1.68. The number of carbonyl (C=O) groups is 1. The largest absolute Gasteiger partial charge is 0.479 e. The van der Waals surface area contributed by atoms with E-state index in [9.17, 15) is 25.2 Å². The van der Waals surface area contributed by atoms with E-state index in [2.05, 4.69) is 0 Å². The van der Waals surface area contributed by atoms with Crippen LogP contribution >= 0.6 is 0 Å². The number of aliphatic carboxylic acids is 1. The van der Waals surface area contributed by atoms with E-state index < -0.39 is 48.8 Å². The predicted molar refractivity (Wildman–Crippen MR) is 72.2 cm³/mol. The van der Waals surface area contributed by atoms with Gasteiger partial charge in [0.15, 0.2) is 5.60 Å². The van der Waals surface area contributed by atoms with E-state index in [1.807, 2.05) is 13.8 Å².